The number of rotatable bonds is 5. The Bertz CT molecular complexity index is 1040. The van der Waals surface area contributed by atoms with Crippen LogP contribution in [0.1, 0.15) is 30.1 Å². The van der Waals surface area contributed by atoms with Crippen LogP contribution < -0.4 is 27.4 Å². The third kappa shape index (κ3) is 7.50. The monoisotopic (exact) mass is 477 g/mol. The summed E-state index contributed by atoms with van der Waals surface area (Å²) in [7, 11) is 0. The van der Waals surface area contributed by atoms with Crippen molar-refractivity contribution in [2.45, 2.75) is 25.6 Å². The zero-order chi connectivity index (χ0) is 24.3. The van der Waals surface area contributed by atoms with Gasteiger partial charge in [-0.15, -0.1) is 0 Å². The second-order valence-electron chi connectivity index (χ2n) is 9.04. The number of aliphatic imine (C=N–C) groups is 1. The molecular formula is C26H39N9. The summed E-state index contributed by atoms with van der Waals surface area (Å²) in [6, 6.07) is 16.6. The molecule has 1 aromatic heterocycles. The molecule has 0 aliphatic carbocycles. The fraction of sp³-hybridized carbons (Fsp3) is 0.462. The van der Waals surface area contributed by atoms with Crippen molar-refractivity contribution in [3.05, 3.63) is 66.0 Å². The number of hydrogen-bond acceptors (Lipinski definition) is 6. The van der Waals surface area contributed by atoms with Crippen LogP contribution in [0.2, 0.25) is 0 Å². The molecule has 4 rings (SSSR count). The molecule has 2 heterocycles. The molecule has 0 saturated carbocycles. The van der Waals surface area contributed by atoms with Crippen molar-refractivity contribution >= 4 is 17.0 Å². The Morgan fingerprint density at radius 3 is 2.34 bits per heavy atom. The van der Waals surface area contributed by atoms with Crippen LogP contribution in [0.15, 0.2) is 59.9 Å². The zero-order valence-electron chi connectivity index (χ0n) is 20.5. The number of nitrogens with zero attached hydrogens (tertiary/aromatic N) is 4. The smallest absolute Gasteiger partial charge is 0.188 e. The lowest BCUT2D eigenvalue weighted by Crippen LogP contribution is -2.36. The molecule has 1 aliphatic rings. The van der Waals surface area contributed by atoms with E-state index in [9.17, 15) is 0 Å². The molecule has 1 atom stereocenters. The van der Waals surface area contributed by atoms with Crippen molar-refractivity contribution in [1.82, 2.24) is 30.4 Å². The topological polar surface area (TPSA) is 122 Å². The van der Waals surface area contributed by atoms with Gasteiger partial charge in [-0.1, -0.05) is 36.4 Å². The van der Waals surface area contributed by atoms with Gasteiger partial charge < -0.3 is 32.0 Å². The van der Waals surface area contributed by atoms with Gasteiger partial charge in [0.25, 0.3) is 0 Å². The van der Waals surface area contributed by atoms with Crippen LogP contribution in [0, 0.1) is 0 Å². The van der Waals surface area contributed by atoms with E-state index in [4.69, 9.17) is 11.5 Å². The third-order valence-corrected chi connectivity index (χ3v) is 6.32. The van der Waals surface area contributed by atoms with E-state index in [1.54, 1.807) is 6.33 Å². The van der Waals surface area contributed by atoms with Gasteiger partial charge >= 0.3 is 0 Å². The molecular weight excluding hydrogens is 438 g/mol. The fourth-order valence-corrected chi connectivity index (χ4v) is 4.49. The maximum Gasteiger partial charge on any atom is 0.188 e. The predicted octanol–water partition coefficient (Wildman–Crippen LogP) is 1.22. The summed E-state index contributed by atoms with van der Waals surface area (Å²) < 4.78 is 2.01. The molecule has 9 nitrogen and oxygen atoms in total. The molecule has 0 spiro atoms. The van der Waals surface area contributed by atoms with E-state index >= 15 is 0 Å². The van der Waals surface area contributed by atoms with E-state index in [0.717, 1.165) is 88.3 Å². The summed E-state index contributed by atoms with van der Waals surface area (Å²) in [5.74, 6) is 0.0552. The minimum absolute atomic E-state index is 0.0552. The van der Waals surface area contributed by atoms with Gasteiger partial charge in [-0.2, -0.15) is 0 Å². The molecule has 1 saturated heterocycles. The second-order valence-corrected chi connectivity index (χ2v) is 9.04. The Balaban J connectivity index is 1.45. The number of fused-ring (bicyclic) bond motifs is 1. The van der Waals surface area contributed by atoms with Gasteiger partial charge in [0.1, 0.15) is 0 Å². The lowest BCUT2D eigenvalue weighted by molar-refractivity contribution is 0.260. The Morgan fingerprint density at radius 1 is 0.857 bits per heavy atom. The highest BCUT2D eigenvalue weighted by atomic mass is 15.2. The van der Waals surface area contributed by atoms with Crippen LogP contribution in [0.5, 0.6) is 0 Å². The number of nitrogens with one attached hydrogen (secondary N) is 3. The molecule has 188 valence electrons. The number of nitrogens with two attached hydrogens (primary N) is 2. The van der Waals surface area contributed by atoms with Gasteiger partial charge in [-0.25, -0.2) is 9.98 Å². The summed E-state index contributed by atoms with van der Waals surface area (Å²) in [6.45, 7) is 9.26. The second kappa shape index (κ2) is 13.2. The van der Waals surface area contributed by atoms with Crippen molar-refractivity contribution in [1.29, 1.82) is 0 Å². The predicted molar refractivity (Wildman–Crippen MR) is 143 cm³/mol. The minimum Gasteiger partial charge on any atom is -0.370 e. The molecule has 0 bridgehead atoms. The Kier molecular flexibility index (Phi) is 9.47. The van der Waals surface area contributed by atoms with Crippen molar-refractivity contribution < 1.29 is 0 Å². The van der Waals surface area contributed by atoms with Gasteiger partial charge in [0, 0.05) is 32.7 Å². The lowest BCUT2D eigenvalue weighted by atomic mass is 10.1. The first kappa shape index (κ1) is 25.1. The van der Waals surface area contributed by atoms with E-state index < -0.39 is 0 Å². The van der Waals surface area contributed by atoms with Gasteiger partial charge in [0.2, 0.25) is 0 Å². The Labute approximate surface area is 208 Å². The molecule has 7 N–H and O–H groups in total. The molecule has 1 aliphatic heterocycles. The van der Waals surface area contributed by atoms with Gasteiger partial charge in [0.05, 0.1) is 17.4 Å². The highest BCUT2D eigenvalue weighted by molar-refractivity contribution is 5.77. The van der Waals surface area contributed by atoms with Crippen LogP contribution >= 0.6 is 0 Å². The summed E-state index contributed by atoms with van der Waals surface area (Å²) in [4.78, 5) is 11.6. The molecule has 1 unspecified atom stereocenters. The van der Waals surface area contributed by atoms with Gasteiger partial charge in [-0.3, -0.25) is 4.90 Å². The third-order valence-electron chi connectivity index (χ3n) is 6.32. The van der Waals surface area contributed by atoms with Crippen molar-refractivity contribution in [3.63, 3.8) is 0 Å². The lowest BCUT2D eigenvalue weighted by Gasteiger charge is -2.24. The largest absolute Gasteiger partial charge is 0.370 e. The zero-order valence-corrected chi connectivity index (χ0v) is 20.5. The number of imidazole rings is 1. The van der Waals surface area contributed by atoms with Gasteiger partial charge in [0.15, 0.2) is 12.1 Å². The molecule has 35 heavy (non-hydrogen) atoms. The van der Waals surface area contributed by atoms with E-state index in [1.165, 1.54) is 5.56 Å². The first-order valence-electron chi connectivity index (χ1n) is 12.6. The van der Waals surface area contributed by atoms with Gasteiger partial charge in [-0.05, 0) is 62.3 Å². The van der Waals surface area contributed by atoms with Crippen LogP contribution in [-0.4, -0.2) is 72.8 Å². The van der Waals surface area contributed by atoms with E-state index in [-0.39, 0.29) is 12.1 Å². The first-order chi connectivity index (χ1) is 17.2. The summed E-state index contributed by atoms with van der Waals surface area (Å²) >= 11 is 0. The molecule has 1 fully saturated rings. The SMILES string of the molecule is NC(N)=NC(c1ccc(CN2CCCNCCNCCCNCC2)cc1)n1cnc2ccccc21. The van der Waals surface area contributed by atoms with E-state index in [2.05, 4.69) is 55.1 Å². The highest BCUT2D eigenvalue weighted by Crippen LogP contribution is 2.25. The molecule has 2 aromatic carbocycles. The summed E-state index contributed by atoms with van der Waals surface area (Å²) in [5, 5.41) is 10.6. The van der Waals surface area contributed by atoms with Crippen molar-refractivity contribution in [2.75, 3.05) is 52.4 Å². The number of benzene rings is 2. The van der Waals surface area contributed by atoms with Crippen molar-refractivity contribution in [3.8, 4) is 0 Å². The fourth-order valence-electron chi connectivity index (χ4n) is 4.49. The quantitative estimate of drug-likeness (QED) is 0.277. The number of para-hydroxylation sites is 2. The van der Waals surface area contributed by atoms with Crippen LogP contribution in [0.4, 0.5) is 0 Å². The maximum absolute atomic E-state index is 5.80. The maximum atomic E-state index is 5.80. The minimum atomic E-state index is -0.360. The van der Waals surface area contributed by atoms with Crippen LogP contribution in [0.25, 0.3) is 11.0 Å². The average molecular weight is 478 g/mol. The summed E-state index contributed by atoms with van der Waals surface area (Å²) in [5.41, 5.74) is 15.8. The van der Waals surface area contributed by atoms with E-state index in [1.807, 2.05) is 28.8 Å². The summed E-state index contributed by atoms with van der Waals surface area (Å²) in [6.07, 6.45) is 3.73. The standard InChI is InChI=1S/C26H39N9/c27-26(28)33-25(35-20-32-23-5-1-2-6-24(23)35)22-9-7-21(8-10-22)19-34-17-4-13-30-15-14-29-11-3-12-31-16-18-34/h1-2,5-10,20,25,29-31H,3-4,11-19H2,(H4,27,28,33). The van der Waals surface area contributed by atoms with Crippen LogP contribution in [0.3, 0.4) is 0 Å². The highest BCUT2D eigenvalue weighted by Gasteiger charge is 2.16. The average Bonchev–Trinajstić information content (AvgIpc) is 3.29. The number of hydrogen-bond donors (Lipinski definition) is 5. The van der Waals surface area contributed by atoms with E-state index in [0.29, 0.717) is 0 Å². The van der Waals surface area contributed by atoms with Crippen LogP contribution in [-0.2, 0) is 6.54 Å². The first-order valence-corrected chi connectivity index (χ1v) is 12.6. The molecule has 9 heteroatoms. The Hall–Kier alpha value is -2.98. The Morgan fingerprint density at radius 2 is 1.57 bits per heavy atom. The molecule has 0 amide bonds. The molecule has 0 radical (unpaired) electrons. The normalized spacial score (nSPS) is 18.1. The number of aromatic nitrogens is 2. The van der Waals surface area contributed by atoms with Crippen molar-refractivity contribution in [2.24, 2.45) is 16.5 Å². The number of guanidine groups is 1. The molecule has 3 aromatic rings.